The molecule has 0 bridgehead atoms. The molecule has 2 unspecified atom stereocenters. The summed E-state index contributed by atoms with van der Waals surface area (Å²) in [5, 5.41) is 3.19. The van der Waals surface area contributed by atoms with Crippen molar-refractivity contribution in [3.63, 3.8) is 0 Å². The van der Waals surface area contributed by atoms with E-state index < -0.39 is 0 Å². The van der Waals surface area contributed by atoms with Crippen LogP contribution >= 0.6 is 12.4 Å². The quantitative estimate of drug-likeness (QED) is 0.806. The van der Waals surface area contributed by atoms with Crippen molar-refractivity contribution in [2.45, 2.75) is 57.9 Å². The smallest absolute Gasteiger partial charge is 0.221 e. The Hall–Kier alpha value is -1.06. The second-order valence-corrected chi connectivity index (χ2v) is 6.66. The zero-order valence-electron chi connectivity index (χ0n) is 13.9. The molecule has 1 aromatic carbocycles. The first-order chi connectivity index (χ1) is 9.98. The lowest BCUT2D eigenvalue weighted by Crippen LogP contribution is -2.53. The van der Waals surface area contributed by atoms with Gasteiger partial charge in [-0.3, -0.25) is 4.79 Å². The van der Waals surface area contributed by atoms with Gasteiger partial charge in [-0.15, -0.1) is 12.4 Å². The summed E-state index contributed by atoms with van der Waals surface area (Å²) in [5.74, 6) is 0.972. The van der Waals surface area contributed by atoms with Crippen molar-refractivity contribution in [2.24, 2.45) is 11.7 Å². The summed E-state index contributed by atoms with van der Waals surface area (Å²) >= 11 is 0. The van der Waals surface area contributed by atoms with Crippen molar-refractivity contribution < 1.29 is 4.79 Å². The highest BCUT2D eigenvalue weighted by Crippen LogP contribution is 2.39. The van der Waals surface area contributed by atoms with Gasteiger partial charge in [-0.25, -0.2) is 0 Å². The fraction of sp³-hybridized carbons (Fsp3) is 0.611. The molecule has 2 rings (SSSR count). The van der Waals surface area contributed by atoms with Crippen LogP contribution in [-0.4, -0.2) is 18.0 Å². The van der Waals surface area contributed by atoms with Crippen molar-refractivity contribution in [3.8, 4) is 0 Å². The van der Waals surface area contributed by atoms with Gasteiger partial charge >= 0.3 is 0 Å². The van der Waals surface area contributed by atoms with Crippen LogP contribution < -0.4 is 11.1 Å². The van der Waals surface area contributed by atoms with Crippen molar-refractivity contribution >= 4 is 18.3 Å². The van der Waals surface area contributed by atoms with Crippen molar-refractivity contribution in [2.75, 3.05) is 6.54 Å². The van der Waals surface area contributed by atoms with Crippen LogP contribution in [0, 0.1) is 12.8 Å². The molecular formula is C18H29ClN2O. The van der Waals surface area contributed by atoms with Gasteiger partial charge in [0.05, 0.1) is 5.54 Å². The minimum absolute atomic E-state index is 0. The molecule has 0 aromatic heterocycles. The van der Waals surface area contributed by atoms with Crippen LogP contribution in [0.5, 0.6) is 0 Å². The predicted molar refractivity (Wildman–Crippen MR) is 94.4 cm³/mol. The maximum atomic E-state index is 12.4. The second kappa shape index (κ2) is 7.98. The van der Waals surface area contributed by atoms with Crippen molar-refractivity contribution in [1.82, 2.24) is 5.32 Å². The molecule has 1 saturated carbocycles. The molecule has 1 amide bonds. The highest BCUT2D eigenvalue weighted by atomic mass is 35.5. The predicted octanol–water partition coefficient (Wildman–Crippen LogP) is 3.54. The van der Waals surface area contributed by atoms with Gasteiger partial charge in [0.2, 0.25) is 5.91 Å². The van der Waals surface area contributed by atoms with Crippen LogP contribution in [0.3, 0.4) is 0 Å². The Morgan fingerprint density at radius 1 is 1.36 bits per heavy atom. The fourth-order valence-electron chi connectivity index (χ4n) is 2.97. The standard InChI is InChI=1S/C18H28N2O.ClH/c1-4-14(15-7-5-13(2)6-8-15)11-17(21)20-18(3,12-19)16-9-10-16;/h5-8,14,16H,4,9-12,19H2,1-3H3,(H,20,21);1H. The molecule has 0 radical (unpaired) electrons. The van der Waals surface area contributed by atoms with Crippen LogP contribution in [0.25, 0.3) is 0 Å². The Balaban J connectivity index is 0.00000242. The SMILES string of the molecule is CCC(CC(=O)NC(C)(CN)C1CC1)c1ccc(C)cc1.Cl. The number of nitrogens with two attached hydrogens (primary N) is 1. The molecule has 3 nitrogen and oxygen atoms in total. The maximum Gasteiger partial charge on any atom is 0.221 e. The molecule has 0 heterocycles. The van der Waals surface area contributed by atoms with Crippen LogP contribution in [0.4, 0.5) is 0 Å². The molecule has 0 saturated heterocycles. The average Bonchev–Trinajstić information content (AvgIpc) is 3.30. The summed E-state index contributed by atoms with van der Waals surface area (Å²) in [4.78, 5) is 12.4. The largest absolute Gasteiger partial charge is 0.349 e. The van der Waals surface area contributed by atoms with E-state index in [2.05, 4.69) is 50.4 Å². The summed E-state index contributed by atoms with van der Waals surface area (Å²) in [6, 6.07) is 8.51. The minimum atomic E-state index is -0.220. The van der Waals surface area contributed by atoms with E-state index in [-0.39, 0.29) is 29.8 Å². The average molecular weight is 325 g/mol. The minimum Gasteiger partial charge on any atom is -0.349 e. The molecule has 3 N–H and O–H groups in total. The number of halogens is 1. The second-order valence-electron chi connectivity index (χ2n) is 6.66. The van der Waals surface area contributed by atoms with Gasteiger partial charge in [-0.2, -0.15) is 0 Å². The molecule has 1 aromatic rings. The third-order valence-electron chi connectivity index (χ3n) is 4.80. The molecule has 124 valence electrons. The van der Waals surface area contributed by atoms with Gasteiger partial charge in [-0.05, 0) is 50.5 Å². The first kappa shape index (κ1) is 19.0. The van der Waals surface area contributed by atoms with Gasteiger partial charge in [-0.1, -0.05) is 36.8 Å². The first-order valence-electron chi connectivity index (χ1n) is 8.06. The number of rotatable bonds is 7. The lowest BCUT2D eigenvalue weighted by atomic mass is 9.90. The third-order valence-corrected chi connectivity index (χ3v) is 4.80. The number of carbonyl (C=O) groups excluding carboxylic acids is 1. The molecule has 0 spiro atoms. The van der Waals surface area contributed by atoms with E-state index in [1.807, 2.05) is 0 Å². The topological polar surface area (TPSA) is 55.1 Å². The van der Waals surface area contributed by atoms with Crippen LogP contribution in [0.2, 0.25) is 0 Å². The molecule has 1 aliphatic carbocycles. The number of benzene rings is 1. The van der Waals surface area contributed by atoms with E-state index in [0.717, 1.165) is 6.42 Å². The highest BCUT2D eigenvalue weighted by Gasteiger charge is 2.41. The monoisotopic (exact) mass is 324 g/mol. The van der Waals surface area contributed by atoms with Crippen molar-refractivity contribution in [3.05, 3.63) is 35.4 Å². The van der Waals surface area contributed by atoms with E-state index >= 15 is 0 Å². The van der Waals surface area contributed by atoms with Gasteiger partial charge in [0.15, 0.2) is 0 Å². The molecule has 2 atom stereocenters. The van der Waals surface area contributed by atoms with E-state index in [9.17, 15) is 4.79 Å². The summed E-state index contributed by atoms with van der Waals surface area (Å²) < 4.78 is 0. The number of hydrogen-bond acceptors (Lipinski definition) is 2. The van der Waals surface area contributed by atoms with Crippen LogP contribution in [-0.2, 0) is 4.79 Å². The molecular weight excluding hydrogens is 296 g/mol. The fourth-order valence-corrected chi connectivity index (χ4v) is 2.97. The number of nitrogens with one attached hydrogen (secondary N) is 1. The van der Waals surface area contributed by atoms with Gasteiger partial charge < -0.3 is 11.1 Å². The lowest BCUT2D eigenvalue weighted by molar-refractivity contribution is -0.123. The van der Waals surface area contributed by atoms with E-state index in [0.29, 0.717) is 18.9 Å². The zero-order valence-corrected chi connectivity index (χ0v) is 14.7. The number of amides is 1. The van der Waals surface area contributed by atoms with Gasteiger partial charge in [0.1, 0.15) is 0 Å². The molecule has 1 fully saturated rings. The van der Waals surface area contributed by atoms with Crippen molar-refractivity contribution in [1.29, 1.82) is 0 Å². The lowest BCUT2D eigenvalue weighted by Gasteiger charge is -2.30. The Labute approximate surface area is 140 Å². The Bertz CT molecular complexity index is 484. The summed E-state index contributed by atoms with van der Waals surface area (Å²) in [6.07, 6.45) is 3.88. The van der Waals surface area contributed by atoms with Crippen LogP contribution in [0.1, 0.15) is 56.6 Å². The molecule has 22 heavy (non-hydrogen) atoms. The Morgan fingerprint density at radius 3 is 2.41 bits per heavy atom. The molecule has 0 aliphatic heterocycles. The van der Waals surface area contributed by atoms with E-state index in [1.165, 1.54) is 24.0 Å². The number of carbonyl (C=O) groups is 1. The summed E-state index contributed by atoms with van der Waals surface area (Å²) in [7, 11) is 0. The zero-order chi connectivity index (χ0) is 15.5. The summed E-state index contributed by atoms with van der Waals surface area (Å²) in [6.45, 7) is 6.82. The van der Waals surface area contributed by atoms with Gasteiger partial charge in [0, 0.05) is 13.0 Å². The Morgan fingerprint density at radius 2 is 1.95 bits per heavy atom. The molecule has 4 heteroatoms. The van der Waals surface area contributed by atoms with Gasteiger partial charge in [0.25, 0.3) is 0 Å². The number of aryl methyl sites for hydroxylation is 1. The third kappa shape index (κ3) is 4.72. The van der Waals surface area contributed by atoms with E-state index in [1.54, 1.807) is 0 Å². The molecule has 1 aliphatic rings. The van der Waals surface area contributed by atoms with E-state index in [4.69, 9.17) is 5.73 Å². The highest BCUT2D eigenvalue weighted by molar-refractivity contribution is 5.85. The maximum absolute atomic E-state index is 12.4. The normalized spacial score (nSPS) is 18.0. The Kier molecular flexibility index (Phi) is 6.89. The number of hydrogen-bond donors (Lipinski definition) is 2. The summed E-state index contributed by atoms with van der Waals surface area (Å²) in [5.41, 5.74) is 8.15. The first-order valence-corrected chi connectivity index (χ1v) is 8.06. The van der Waals surface area contributed by atoms with Crippen LogP contribution in [0.15, 0.2) is 24.3 Å².